The minimum atomic E-state index is -0.930. The van der Waals surface area contributed by atoms with Gasteiger partial charge in [-0.25, -0.2) is 9.18 Å². The van der Waals surface area contributed by atoms with Gasteiger partial charge in [-0.1, -0.05) is 18.2 Å². The van der Waals surface area contributed by atoms with Gasteiger partial charge in [-0.2, -0.15) is 0 Å². The Bertz CT molecular complexity index is 1160. The van der Waals surface area contributed by atoms with Crippen LogP contribution in [0.2, 0.25) is 0 Å². The predicted octanol–water partition coefficient (Wildman–Crippen LogP) is 1.44. The van der Waals surface area contributed by atoms with Crippen LogP contribution in [-0.4, -0.2) is 51.3 Å². The molecular weight excluding hydrogens is 415 g/mol. The Morgan fingerprint density at radius 1 is 1.06 bits per heavy atom. The van der Waals surface area contributed by atoms with Gasteiger partial charge in [0.2, 0.25) is 5.91 Å². The van der Waals surface area contributed by atoms with Crippen LogP contribution < -0.4 is 10.9 Å². The van der Waals surface area contributed by atoms with E-state index in [0.717, 1.165) is 17.0 Å². The molecule has 0 spiro atoms. The standard InChI is InChI=1S/C23H23FN4O4/c24-17-4-1-3-14(8-17)11-28-22(31)18(25-23(28)32)9-21(30)26-10-15-7-16(13-26)19-5-2-6-20(29)27(19)12-15/h1-6,8,15-16,18H,7,9-13H2,(H,25,32)/t15-,16+,18-/m1/s1. The van der Waals surface area contributed by atoms with E-state index < -0.39 is 23.8 Å². The molecule has 1 aromatic carbocycles. The maximum absolute atomic E-state index is 13.4. The summed E-state index contributed by atoms with van der Waals surface area (Å²) in [6, 6.07) is 9.44. The van der Waals surface area contributed by atoms with Crippen LogP contribution in [0.1, 0.15) is 30.0 Å². The first-order valence-electron chi connectivity index (χ1n) is 10.7. The van der Waals surface area contributed by atoms with Gasteiger partial charge in [0, 0.05) is 37.3 Å². The van der Waals surface area contributed by atoms with E-state index in [0.29, 0.717) is 25.2 Å². The fraction of sp³-hybridized carbons (Fsp3) is 0.391. The molecule has 2 fully saturated rings. The molecule has 32 heavy (non-hydrogen) atoms. The number of carbonyl (C=O) groups is 3. The van der Waals surface area contributed by atoms with E-state index in [2.05, 4.69) is 5.32 Å². The van der Waals surface area contributed by atoms with Crippen molar-refractivity contribution in [2.24, 2.45) is 5.92 Å². The number of imide groups is 1. The Morgan fingerprint density at radius 2 is 1.88 bits per heavy atom. The number of hydrogen-bond acceptors (Lipinski definition) is 4. The number of urea groups is 1. The van der Waals surface area contributed by atoms with Gasteiger partial charge < -0.3 is 14.8 Å². The summed E-state index contributed by atoms with van der Waals surface area (Å²) in [5.41, 5.74) is 1.42. The maximum atomic E-state index is 13.4. The van der Waals surface area contributed by atoms with Crippen molar-refractivity contribution < 1.29 is 18.8 Å². The van der Waals surface area contributed by atoms with Crippen molar-refractivity contribution >= 4 is 17.8 Å². The summed E-state index contributed by atoms with van der Waals surface area (Å²) in [6.45, 7) is 1.54. The van der Waals surface area contributed by atoms with E-state index >= 15 is 0 Å². The molecule has 0 aliphatic carbocycles. The SMILES string of the molecule is O=C(C[C@H]1NC(=O)N(Cc2cccc(F)c2)C1=O)N1C[C@H]2C[C@@H](C1)c1cccc(=O)n1C2. The van der Waals surface area contributed by atoms with Crippen LogP contribution >= 0.6 is 0 Å². The van der Waals surface area contributed by atoms with Gasteiger partial charge in [-0.05, 0) is 36.1 Å². The molecule has 2 saturated heterocycles. The lowest BCUT2D eigenvalue weighted by Crippen LogP contribution is -2.50. The molecule has 2 bridgehead atoms. The highest BCUT2D eigenvalue weighted by Crippen LogP contribution is 2.35. The second-order valence-corrected chi connectivity index (χ2v) is 8.76. The van der Waals surface area contributed by atoms with Crippen LogP contribution in [-0.2, 0) is 22.7 Å². The molecule has 5 rings (SSSR count). The molecule has 4 amide bonds. The van der Waals surface area contributed by atoms with Crippen molar-refractivity contribution in [2.45, 2.75) is 37.9 Å². The summed E-state index contributed by atoms with van der Waals surface area (Å²) in [4.78, 5) is 53.0. The average molecular weight is 438 g/mol. The Kier molecular flexibility index (Phi) is 5.03. The minimum Gasteiger partial charge on any atom is -0.342 e. The van der Waals surface area contributed by atoms with Crippen molar-refractivity contribution in [2.75, 3.05) is 13.1 Å². The number of rotatable bonds is 4. The molecule has 8 nitrogen and oxygen atoms in total. The summed E-state index contributed by atoms with van der Waals surface area (Å²) in [7, 11) is 0. The van der Waals surface area contributed by atoms with E-state index in [-0.39, 0.29) is 36.3 Å². The van der Waals surface area contributed by atoms with Crippen LogP contribution in [0.25, 0.3) is 0 Å². The van der Waals surface area contributed by atoms with Crippen molar-refractivity contribution in [3.63, 3.8) is 0 Å². The van der Waals surface area contributed by atoms with Crippen LogP contribution in [0.3, 0.4) is 0 Å². The zero-order chi connectivity index (χ0) is 22.4. The van der Waals surface area contributed by atoms with E-state index in [1.807, 2.05) is 6.07 Å². The highest BCUT2D eigenvalue weighted by Gasteiger charge is 2.41. The number of aromatic nitrogens is 1. The van der Waals surface area contributed by atoms with E-state index in [1.54, 1.807) is 27.7 Å². The zero-order valence-electron chi connectivity index (χ0n) is 17.4. The normalized spacial score (nSPS) is 24.3. The molecule has 3 aliphatic heterocycles. The van der Waals surface area contributed by atoms with Gasteiger partial charge in [0.25, 0.3) is 11.5 Å². The lowest BCUT2D eigenvalue weighted by Gasteiger charge is -2.43. The first-order chi connectivity index (χ1) is 15.4. The van der Waals surface area contributed by atoms with E-state index in [4.69, 9.17) is 0 Å². The molecule has 0 saturated carbocycles. The van der Waals surface area contributed by atoms with Crippen molar-refractivity contribution in [1.29, 1.82) is 0 Å². The van der Waals surface area contributed by atoms with Gasteiger partial charge in [0.15, 0.2) is 0 Å². The predicted molar refractivity (Wildman–Crippen MR) is 112 cm³/mol. The molecule has 4 heterocycles. The molecule has 1 aromatic heterocycles. The molecule has 166 valence electrons. The Labute approximate surface area is 183 Å². The number of nitrogens with one attached hydrogen (secondary N) is 1. The zero-order valence-corrected chi connectivity index (χ0v) is 17.4. The third-order valence-electron chi connectivity index (χ3n) is 6.55. The number of carbonyl (C=O) groups excluding carboxylic acids is 3. The lowest BCUT2D eigenvalue weighted by atomic mass is 9.83. The number of hydrogen-bond donors (Lipinski definition) is 1. The number of amides is 4. The highest BCUT2D eigenvalue weighted by atomic mass is 19.1. The molecule has 0 radical (unpaired) electrons. The molecule has 2 aromatic rings. The van der Waals surface area contributed by atoms with Gasteiger partial charge >= 0.3 is 6.03 Å². The molecular formula is C23H23FN4O4. The minimum absolute atomic E-state index is 0.0189. The molecule has 0 unspecified atom stereocenters. The fourth-order valence-electron chi connectivity index (χ4n) is 5.09. The molecule has 3 aliphatic rings. The van der Waals surface area contributed by atoms with Crippen LogP contribution in [0, 0.1) is 11.7 Å². The maximum Gasteiger partial charge on any atom is 0.325 e. The summed E-state index contributed by atoms with van der Waals surface area (Å²) >= 11 is 0. The summed E-state index contributed by atoms with van der Waals surface area (Å²) in [5.74, 6) is -0.859. The first kappa shape index (κ1) is 20.4. The number of benzene rings is 1. The molecule has 3 atom stereocenters. The lowest BCUT2D eigenvalue weighted by molar-refractivity contribution is -0.137. The highest BCUT2D eigenvalue weighted by molar-refractivity contribution is 6.05. The largest absolute Gasteiger partial charge is 0.342 e. The van der Waals surface area contributed by atoms with Gasteiger partial charge in [0.05, 0.1) is 13.0 Å². The van der Waals surface area contributed by atoms with Gasteiger partial charge in [-0.15, -0.1) is 0 Å². The van der Waals surface area contributed by atoms with Crippen LogP contribution in [0.15, 0.2) is 47.3 Å². The van der Waals surface area contributed by atoms with Gasteiger partial charge in [-0.3, -0.25) is 19.3 Å². The quantitative estimate of drug-likeness (QED) is 0.732. The second kappa shape index (κ2) is 7.89. The third kappa shape index (κ3) is 3.68. The van der Waals surface area contributed by atoms with Crippen molar-refractivity contribution in [1.82, 2.24) is 19.7 Å². The summed E-state index contributed by atoms with van der Waals surface area (Å²) in [6.07, 6.45) is 0.805. The Hall–Kier alpha value is -3.49. The smallest absolute Gasteiger partial charge is 0.325 e. The molecule has 1 N–H and O–H groups in total. The summed E-state index contributed by atoms with van der Waals surface area (Å²) < 4.78 is 15.2. The van der Waals surface area contributed by atoms with E-state index in [1.165, 1.54) is 18.2 Å². The monoisotopic (exact) mass is 438 g/mol. The van der Waals surface area contributed by atoms with Gasteiger partial charge in [0.1, 0.15) is 11.9 Å². The fourth-order valence-corrected chi connectivity index (χ4v) is 5.09. The number of pyridine rings is 1. The first-order valence-corrected chi connectivity index (χ1v) is 10.7. The Morgan fingerprint density at radius 3 is 2.69 bits per heavy atom. The number of fused-ring (bicyclic) bond motifs is 4. The second-order valence-electron chi connectivity index (χ2n) is 8.76. The van der Waals surface area contributed by atoms with Crippen LogP contribution in [0.5, 0.6) is 0 Å². The summed E-state index contributed by atoms with van der Waals surface area (Å²) in [5, 5.41) is 2.58. The van der Waals surface area contributed by atoms with Crippen molar-refractivity contribution in [3.8, 4) is 0 Å². The van der Waals surface area contributed by atoms with Crippen molar-refractivity contribution in [3.05, 3.63) is 69.9 Å². The van der Waals surface area contributed by atoms with Crippen LogP contribution in [0.4, 0.5) is 9.18 Å². The molecule has 9 heteroatoms. The number of halogens is 1. The Balaban J connectivity index is 1.25. The third-order valence-corrected chi connectivity index (χ3v) is 6.55. The average Bonchev–Trinajstić information content (AvgIpc) is 3.02. The number of piperidine rings is 1. The number of likely N-dealkylation sites (tertiary alicyclic amines) is 1. The number of nitrogens with zero attached hydrogens (tertiary/aromatic N) is 3. The topological polar surface area (TPSA) is 91.7 Å². The van der Waals surface area contributed by atoms with E-state index in [9.17, 15) is 23.6 Å².